The van der Waals surface area contributed by atoms with Gasteiger partial charge in [0.25, 0.3) is 0 Å². The van der Waals surface area contributed by atoms with Gasteiger partial charge in [0.2, 0.25) is 0 Å². The highest BCUT2D eigenvalue weighted by Crippen LogP contribution is 2.44. The third-order valence-electron chi connectivity index (χ3n) is 3.26. The molecule has 152 valence electrons. The van der Waals surface area contributed by atoms with Crippen molar-refractivity contribution in [1.82, 2.24) is 10.4 Å². The van der Waals surface area contributed by atoms with Crippen molar-refractivity contribution in [3.8, 4) is 0 Å². The Labute approximate surface area is 155 Å². The number of hydrogen-bond acceptors (Lipinski definition) is 8. The summed E-state index contributed by atoms with van der Waals surface area (Å²) in [6, 6.07) is 0. The first-order valence-electron chi connectivity index (χ1n) is 8.83. The first-order chi connectivity index (χ1) is 12.4. The zero-order valence-corrected chi connectivity index (χ0v) is 17.7. The second kappa shape index (κ2) is 11.8. The summed E-state index contributed by atoms with van der Waals surface area (Å²) in [6.45, 7) is 7.99. The van der Waals surface area contributed by atoms with Crippen molar-refractivity contribution in [2.24, 2.45) is 10.2 Å². The van der Waals surface area contributed by atoms with Gasteiger partial charge in [-0.05, 0) is 53.4 Å². The minimum absolute atomic E-state index is 0.261. The lowest BCUT2D eigenvalue weighted by Gasteiger charge is -2.20. The minimum atomic E-state index is -3.40. The van der Waals surface area contributed by atoms with Gasteiger partial charge in [0.05, 0.1) is 26.4 Å². The molecule has 12 heteroatoms. The fraction of sp³-hybridized carbons (Fsp3) is 0.857. The van der Waals surface area contributed by atoms with Crippen molar-refractivity contribution in [3.05, 3.63) is 0 Å². The van der Waals surface area contributed by atoms with Crippen LogP contribution in [0.5, 0.6) is 0 Å². The lowest BCUT2D eigenvalue weighted by Crippen LogP contribution is -2.20. The highest BCUT2D eigenvalue weighted by Gasteiger charge is 2.25. The number of rotatable bonds is 12. The molecule has 1 fully saturated rings. The summed E-state index contributed by atoms with van der Waals surface area (Å²) >= 11 is 0. The summed E-state index contributed by atoms with van der Waals surface area (Å²) in [7, 11) is -6.80. The van der Waals surface area contributed by atoms with Gasteiger partial charge in [0.1, 0.15) is 0 Å². The molecule has 0 spiro atoms. The van der Waals surface area contributed by atoms with Crippen LogP contribution in [0, 0.1) is 0 Å². The molecule has 0 heterocycles. The first kappa shape index (κ1) is 23.3. The lowest BCUT2D eigenvalue weighted by molar-refractivity contribution is 0.210. The Morgan fingerprint density at radius 3 is 1.19 bits per heavy atom. The largest absolute Gasteiger partial charge is 0.448 e. The summed E-state index contributed by atoms with van der Waals surface area (Å²) in [5.74, 6) is 0. The van der Waals surface area contributed by atoms with Crippen molar-refractivity contribution >= 4 is 26.9 Å². The molecular formula is C14H30N4O6P2. The fourth-order valence-corrected chi connectivity index (χ4v) is 4.45. The van der Waals surface area contributed by atoms with Crippen LogP contribution in [0.25, 0.3) is 0 Å². The Balaban J connectivity index is 2.57. The molecule has 0 unspecified atom stereocenters. The quantitative estimate of drug-likeness (QED) is 0.367. The van der Waals surface area contributed by atoms with Gasteiger partial charge < -0.3 is 0 Å². The van der Waals surface area contributed by atoms with Crippen LogP contribution in [0.4, 0.5) is 0 Å². The Morgan fingerprint density at radius 2 is 0.962 bits per heavy atom. The average Bonchev–Trinajstić information content (AvgIpc) is 2.60. The van der Waals surface area contributed by atoms with Gasteiger partial charge in [-0.1, -0.05) is 0 Å². The van der Waals surface area contributed by atoms with E-state index in [0.29, 0.717) is 25.7 Å². The van der Waals surface area contributed by atoms with Crippen LogP contribution in [0.1, 0.15) is 53.4 Å². The molecule has 0 atom stereocenters. The Morgan fingerprint density at radius 1 is 0.692 bits per heavy atom. The lowest BCUT2D eigenvalue weighted by atomic mass is 9.97. The zero-order chi connectivity index (χ0) is 19.5. The summed E-state index contributed by atoms with van der Waals surface area (Å²) in [4.78, 5) is 0. The van der Waals surface area contributed by atoms with E-state index in [1.807, 2.05) is 0 Å². The third kappa shape index (κ3) is 8.29. The van der Waals surface area contributed by atoms with E-state index in [1.165, 1.54) is 0 Å². The number of hydrazone groups is 2. The summed E-state index contributed by atoms with van der Waals surface area (Å²) in [5, 5.41) is 13.4. The molecule has 2 N–H and O–H groups in total. The standard InChI is InChI=1S/C14H30N4O6P2/c1-5-21-25(19,22-6-2)17-15-13-9-11-14(12-10-13)16-18-26(20,23-7-3)24-8-4/h5-12H2,1-4H3,(H,17,19)(H,18,20). The van der Waals surface area contributed by atoms with Crippen LogP contribution in [0.15, 0.2) is 10.2 Å². The maximum atomic E-state index is 12.3. The molecule has 1 aliphatic rings. The van der Waals surface area contributed by atoms with E-state index in [9.17, 15) is 9.13 Å². The first-order valence-corrected chi connectivity index (χ1v) is 11.9. The summed E-state index contributed by atoms with van der Waals surface area (Å²) < 4.78 is 45.1. The van der Waals surface area contributed by atoms with Crippen molar-refractivity contribution in [1.29, 1.82) is 0 Å². The molecule has 0 aromatic rings. The van der Waals surface area contributed by atoms with Crippen LogP contribution < -0.4 is 10.4 Å². The second-order valence-corrected chi connectivity index (χ2v) is 8.64. The van der Waals surface area contributed by atoms with Crippen LogP contribution in [0.3, 0.4) is 0 Å². The molecule has 0 radical (unpaired) electrons. The molecule has 0 amide bonds. The normalized spacial score (nSPS) is 15.7. The van der Waals surface area contributed by atoms with Gasteiger partial charge in [0, 0.05) is 11.4 Å². The molecular weight excluding hydrogens is 382 g/mol. The summed E-state index contributed by atoms with van der Waals surface area (Å²) in [5.41, 5.74) is 1.70. The molecule has 1 rings (SSSR count). The van der Waals surface area contributed by atoms with Gasteiger partial charge in [-0.3, -0.25) is 18.1 Å². The highest BCUT2D eigenvalue weighted by atomic mass is 31.2. The third-order valence-corrected chi connectivity index (χ3v) is 6.34. The number of hydrogen-bond donors (Lipinski definition) is 2. The van der Waals surface area contributed by atoms with E-state index in [0.717, 1.165) is 11.4 Å². The smallest absolute Gasteiger partial charge is 0.292 e. The molecule has 1 saturated carbocycles. The van der Waals surface area contributed by atoms with Crippen molar-refractivity contribution < 1.29 is 27.2 Å². The molecule has 0 aromatic heterocycles. The van der Waals surface area contributed by atoms with Gasteiger partial charge in [-0.25, -0.2) is 19.5 Å². The molecule has 10 nitrogen and oxygen atoms in total. The Hall–Kier alpha value is -0.760. The molecule has 1 aliphatic carbocycles. The highest BCUT2D eigenvalue weighted by molar-refractivity contribution is 7.51. The van der Waals surface area contributed by atoms with Crippen LogP contribution in [-0.4, -0.2) is 37.9 Å². The maximum absolute atomic E-state index is 12.3. The SMILES string of the molecule is CCOP(=O)(NN=C1CCC(=NNP(=O)(OCC)OCC)CC1)OCC. The molecule has 26 heavy (non-hydrogen) atoms. The van der Waals surface area contributed by atoms with Crippen molar-refractivity contribution in [2.75, 3.05) is 26.4 Å². The van der Waals surface area contributed by atoms with Gasteiger partial charge >= 0.3 is 15.5 Å². The van der Waals surface area contributed by atoms with Gasteiger partial charge in [-0.15, -0.1) is 0 Å². The van der Waals surface area contributed by atoms with Crippen molar-refractivity contribution in [2.45, 2.75) is 53.4 Å². The van der Waals surface area contributed by atoms with Gasteiger partial charge in [-0.2, -0.15) is 10.2 Å². The number of nitrogens with zero attached hydrogens (tertiary/aromatic N) is 2. The zero-order valence-electron chi connectivity index (χ0n) is 15.9. The average molecular weight is 412 g/mol. The molecule has 0 bridgehead atoms. The van der Waals surface area contributed by atoms with Crippen LogP contribution in [0.2, 0.25) is 0 Å². The Kier molecular flexibility index (Phi) is 10.6. The van der Waals surface area contributed by atoms with E-state index in [-0.39, 0.29) is 26.4 Å². The molecule has 0 saturated heterocycles. The maximum Gasteiger partial charge on any atom is 0.448 e. The second-order valence-electron chi connectivity index (χ2n) is 5.22. The fourth-order valence-electron chi connectivity index (χ4n) is 2.18. The van der Waals surface area contributed by atoms with E-state index >= 15 is 0 Å². The topological polar surface area (TPSA) is 120 Å². The van der Waals surface area contributed by atoms with Gasteiger partial charge in [0.15, 0.2) is 0 Å². The Bertz CT molecular complexity index is 502. The van der Waals surface area contributed by atoms with Crippen LogP contribution in [-0.2, 0) is 27.2 Å². The van der Waals surface area contributed by atoms with Crippen molar-refractivity contribution in [3.63, 3.8) is 0 Å². The number of nitrogens with one attached hydrogen (secondary N) is 2. The predicted octanol–water partition coefficient (Wildman–Crippen LogP) is 3.81. The van der Waals surface area contributed by atoms with E-state index in [4.69, 9.17) is 18.1 Å². The van der Waals surface area contributed by atoms with E-state index in [2.05, 4.69) is 20.6 Å². The van der Waals surface area contributed by atoms with E-state index < -0.39 is 15.5 Å². The minimum Gasteiger partial charge on any atom is -0.292 e. The monoisotopic (exact) mass is 412 g/mol. The summed E-state index contributed by atoms with van der Waals surface area (Å²) in [6.07, 6.45) is 2.55. The van der Waals surface area contributed by atoms with Crippen LogP contribution >= 0.6 is 15.5 Å². The van der Waals surface area contributed by atoms with E-state index in [1.54, 1.807) is 27.7 Å². The molecule has 0 aliphatic heterocycles. The molecule has 0 aromatic carbocycles. The predicted molar refractivity (Wildman–Crippen MR) is 101 cm³/mol.